The monoisotopic (exact) mass is 394 g/mol. The molecular formula is C18H16Cl2N2O2S. The highest BCUT2D eigenvalue weighted by atomic mass is 35.5. The maximum Gasteiger partial charge on any atom is 0.237 e. The number of nitrogens with one attached hydrogen (secondary N) is 1. The van der Waals surface area contributed by atoms with Gasteiger partial charge in [-0.05, 0) is 29.8 Å². The minimum atomic E-state index is -0.130. The van der Waals surface area contributed by atoms with Gasteiger partial charge in [0, 0.05) is 34.5 Å². The van der Waals surface area contributed by atoms with Crippen LogP contribution in [0.3, 0.4) is 0 Å². The van der Waals surface area contributed by atoms with E-state index in [0.29, 0.717) is 28.9 Å². The number of carbonyl (C=O) groups is 2. The molecule has 0 aromatic heterocycles. The van der Waals surface area contributed by atoms with Crippen molar-refractivity contribution >= 4 is 52.5 Å². The second kappa shape index (κ2) is 8.13. The Bertz CT molecular complexity index is 813. The number of halogens is 2. The predicted octanol–water partition coefficient (Wildman–Crippen LogP) is 4.14. The van der Waals surface area contributed by atoms with Crippen LogP contribution in [0, 0.1) is 0 Å². The molecule has 130 valence electrons. The van der Waals surface area contributed by atoms with Crippen molar-refractivity contribution in [2.24, 2.45) is 0 Å². The Labute approximate surface area is 160 Å². The molecule has 2 amide bonds. The maximum atomic E-state index is 12.2. The van der Waals surface area contributed by atoms with Crippen LogP contribution in [0.4, 0.5) is 5.69 Å². The lowest BCUT2D eigenvalue weighted by Crippen LogP contribution is -2.38. The van der Waals surface area contributed by atoms with Gasteiger partial charge in [0.25, 0.3) is 0 Å². The molecule has 0 saturated heterocycles. The first-order valence-corrected chi connectivity index (χ1v) is 9.51. The van der Waals surface area contributed by atoms with Crippen molar-refractivity contribution in [3.63, 3.8) is 0 Å². The zero-order valence-electron chi connectivity index (χ0n) is 13.3. The number of hydrogen-bond donors (Lipinski definition) is 1. The molecule has 4 nitrogen and oxygen atoms in total. The fraction of sp³-hybridized carbons (Fsp3) is 0.222. The lowest BCUT2D eigenvalue weighted by Gasteiger charge is -2.28. The second-order valence-corrected chi connectivity index (χ2v) is 7.43. The quantitative estimate of drug-likeness (QED) is 0.828. The van der Waals surface area contributed by atoms with Gasteiger partial charge in [-0.3, -0.25) is 9.59 Å². The molecule has 0 atom stereocenters. The minimum Gasteiger partial charge on any atom is -0.352 e. The Hall–Kier alpha value is -1.69. The van der Waals surface area contributed by atoms with E-state index in [1.807, 2.05) is 24.3 Å². The molecule has 1 aliphatic rings. The van der Waals surface area contributed by atoms with E-state index >= 15 is 0 Å². The Morgan fingerprint density at radius 1 is 1.20 bits per heavy atom. The summed E-state index contributed by atoms with van der Waals surface area (Å²) in [5, 5.41) is 3.90. The molecule has 7 heteroatoms. The molecule has 25 heavy (non-hydrogen) atoms. The Morgan fingerprint density at radius 3 is 2.80 bits per heavy atom. The molecule has 2 aromatic rings. The van der Waals surface area contributed by atoms with Crippen molar-refractivity contribution in [3.8, 4) is 0 Å². The summed E-state index contributed by atoms with van der Waals surface area (Å²) in [6.45, 7) is 0.686. The highest BCUT2D eigenvalue weighted by Gasteiger charge is 2.24. The van der Waals surface area contributed by atoms with Crippen LogP contribution in [0.25, 0.3) is 0 Å². The third kappa shape index (κ3) is 4.48. The van der Waals surface area contributed by atoms with Gasteiger partial charge in [0.1, 0.15) is 0 Å². The Kier molecular flexibility index (Phi) is 5.89. The van der Waals surface area contributed by atoms with E-state index in [9.17, 15) is 9.59 Å². The molecule has 0 bridgehead atoms. The fourth-order valence-corrected chi connectivity index (χ4v) is 3.97. The van der Waals surface area contributed by atoms with Gasteiger partial charge >= 0.3 is 0 Å². The molecule has 0 spiro atoms. The molecular weight excluding hydrogens is 379 g/mol. The molecule has 1 aliphatic heterocycles. The summed E-state index contributed by atoms with van der Waals surface area (Å²) in [4.78, 5) is 27.0. The molecule has 0 radical (unpaired) electrons. The molecule has 1 N–H and O–H groups in total. The fourth-order valence-electron chi connectivity index (χ4n) is 2.56. The van der Waals surface area contributed by atoms with Crippen LogP contribution in [0.15, 0.2) is 47.4 Å². The number of para-hydroxylation sites is 1. The molecule has 1 heterocycles. The van der Waals surface area contributed by atoms with Crippen LogP contribution in [-0.4, -0.2) is 24.1 Å². The van der Waals surface area contributed by atoms with Crippen LogP contribution in [0.5, 0.6) is 0 Å². The topological polar surface area (TPSA) is 49.4 Å². The normalized spacial score (nSPS) is 13.5. The van der Waals surface area contributed by atoms with Crippen molar-refractivity contribution in [3.05, 3.63) is 58.1 Å². The highest BCUT2D eigenvalue weighted by molar-refractivity contribution is 8.00. The molecule has 2 aromatic carbocycles. The van der Waals surface area contributed by atoms with E-state index < -0.39 is 0 Å². The van der Waals surface area contributed by atoms with Crippen LogP contribution >= 0.6 is 35.0 Å². The number of benzene rings is 2. The number of rotatable bonds is 5. The van der Waals surface area contributed by atoms with Gasteiger partial charge in [0.2, 0.25) is 11.8 Å². The third-order valence-electron chi connectivity index (χ3n) is 3.86. The number of amides is 2. The highest BCUT2D eigenvalue weighted by Crippen LogP contribution is 2.34. The predicted molar refractivity (Wildman–Crippen MR) is 102 cm³/mol. The van der Waals surface area contributed by atoms with Gasteiger partial charge in [-0.2, -0.15) is 0 Å². The maximum absolute atomic E-state index is 12.2. The lowest BCUT2D eigenvalue weighted by molar-refractivity contribution is -0.121. The van der Waals surface area contributed by atoms with Crippen LogP contribution in [-0.2, 0) is 16.1 Å². The number of nitrogens with zero attached hydrogens (tertiary/aromatic N) is 1. The summed E-state index contributed by atoms with van der Waals surface area (Å²) >= 11 is 13.5. The number of carbonyl (C=O) groups excluding carboxylic acids is 2. The van der Waals surface area contributed by atoms with Gasteiger partial charge in [-0.25, -0.2) is 0 Å². The van der Waals surface area contributed by atoms with E-state index in [1.54, 1.807) is 23.1 Å². The second-order valence-electron chi connectivity index (χ2n) is 5.56. The van der Waals surface area contributed by atoms with E-state index in [2.05, 4.69) is 5.32 Å². The lowest BCUT2D eigenvalue weighted by atomic mass is 10.2. The smallest absolute Gasteiger partial charge is 0.237 e. The van der Waals surface area contributed by atoms with Crippen LogP contribution in [0.1, 0.15) is 12.0 Å². The van der Waals surface area contributed by atoms with Gasteiger partial charge in [0.15, 0.2) is 0 Å². The average molecular weight is 395 g/mol. The molecule has 3 rings (SSSR count). The minimum absolute atomic E-state index is 0.0252. The SMILES string of the molecule is O=C(CCN1C(=O)CSc2ccccc21)NCc1ccc(Cl)cc1Cl. The van der Waals surface area contributed by atoms with Gasteiger partial charge in [-0.1, -0.05) is 41.4 Å². The van der Waals surface area contributed by atoms with E-state index in [4.69, 9.17) is 23.2 Å². The number of fused-ring (bicyclic) bond motifs is 1. The summed E-state index contributed by atoms with van der Waals surface area (Å²) in [7, 11) is 0. The van der Waals surface area contributed by atoms with Crippen molar-refractivity contribution in [1.82, 2.24) is 5.32 Å². The van der Waals surface area contributed by atoms with E-state index in [-0.39, 0.29) is 18.2 Å². The summed E-state index contributed by atoms with van der Waals surface area (Å²) in [6, 6.07) is 12.9. The Balaban J connectivity index is 1.56. The first-order chi connectivity index (χ1) is 12.0. The zero-order chi connectivity index (χ0) is 17.8. The first kappa shape index (κ1) is 18.1. The van der Waals surface area contributed by atoms with Crippen molar-refractivity contribution in [2.75, 3.05) is 17.2 Å². The van der Waals surface area contributed by atoms with Gasteiger partial charge in [-0.15, -0.1) is 11.8 Å². The van der Waals surface area contributed by atoms with Crippen molar-refractivity contribution in [1.29, 1.82) is 0 Å². The molecule has 0 unspecified atom stereocenters. The van der Waals surface area contributed by atoms with Crippen molar-refractivity contribution < 1.29 is 9.59 Å². The van der Waals surface area contributed by atoms with E-state index in [1.165, 1.54) is 11.8 Å². The number of thioether (sulfide) groups is 1. The van der Waals surface area contributed by atoms with Crippen LogP contribution in [0.2, 0.25) is 10.0 Å². The largest absolute Gasteiger partial charge is 0.352 e. The summed E-state index contributed by atoms with van der Waals surface area (Å²) < 4.78 is 0. The summed E-state index contributed by atoms with van der Waals surface area (Å²) in [6.07, 6.45) is 0.232. The molecule has 0 aliphatic carbocycles. The number of anilines is 1. The summed E-state index contributed by atoms with van der Waals surface area (Å²) in [5.74, 6) is 0.297. The standard InChI is InChI=1S/C18H16Cl2N2O2S/c19-13-6-5-12(14(20)9-13)10-21-17(23)7-8-22-15-3-1-2-4-16(15)25-11-18(22)24/h1-6,9H,7-8,10-11H2,(H,21,23). The van der Waals surface area contributed by atoms with Crippen LogP contribution < -0.4 is 10.2 Å². The molecule has 0 saturated carbocycles. The number of hydrogen-bond acceptors (Lipinski definition) is 3. The van der Waals surface area contributed by atoms with Gasteiger partial charge in [0.05, 0.1) is 11.4 Å². The third-order valence-corrected chi connectivity index (χ3v) is 5.50. The van der Waals surface area contributed by atoms with Crippen molar-refractivity contribution in [2.45, 2.75) is 17.9 Å². The Morgan fingerprint density at radius 2 is 2.00 bits per heavy atom. The first-order valence-electron chi connectivity index (χ1n) is 7.77. The average Bonchev–Trinajstić information content (AvgIpc) is 2.60. The summed E-state index contributed by atoms with van der Waals surface area (Å²) in [5.41, 5.74) is 1.67. The zero-order valence-corrected chi connectivity index (χ0v) is 15.6. The molecule has 0 fully saturated rings. The van der Waals surface area contributed by atoms with Gasteiger partial charge < -0.3 is 10.2 Å². The van der Waals surface area contributed by atoms with E-state index in [0.717, 1.165) is 16.1 Å².